The van der Waals surface area contributed by atoms with Crippen LogP contribution in [0.2, 0.25) is 0 Å². The second kappa shape index (κ2) is 6.27. The molecule has 0 aliphatic rings. The minimum Gasteiger partial charge on any atom is -0.478 e. The molecule has 6 heteroatoms. The Morgan fingerprint density at radius 1 is 0.857 bits per heavy atom. The number of carboxylic acid groups (broad SMARTS) is 1. The van der Waals surface area contributed by atoms with Gasteiger partial charge in [-0.15, -0.1) is 0 Å². The summed E-state index contributed by atoms with van der Waals surface area (Å²) >= 11 is 0. The van der Waals surface area contributed by atoms with E-state index in [4.69, 9.17) is 4.74 Å². The van der Waals surface area contributed by atoms with Gasteiger partial charge in [-0.1, -0.05) is 12.1 Å². The molecule has 4 aromatic heterocycles. The van der Waals surface area contributed by atoms with Crippen molar-refractivity contribution in [2.75, 3.05) is 0 Å². The number of carbonyl (C=O) groups is 2. The molecule has 0 bridgehead atoms. The van der Waals surface area contributed by atoms with E-state index in [0.717, 1.165) is 0 Å². The van der Waals surface area contributed by atoms with Crippen LogP contribution in [0, 0.1) is 0 Å². The molecule has 4 aromatic rings. The molecule has 28 heavy (non-hydrogen) atoms. The Morgan fingerprint density at radius 3 is 1.86 bits per heavy atom. The Bertz CT molecular complexity index is 1220. The molecule has 0 saturated heterocycles. The highest BCUT2D eigenvalue weighted by molar-refractivity contribution is 6.01. The number of hydrogen-bond acceptors (Lipinski definition) is 3. The number of aromatic nitrogens is 2. The zero-order valence-electron chi connectivity index (χ0n) is 15.8. The van der Waals surface area contributed by atoms with E-state index >= 15 is 0 Å². The Hall–Kier alpha value is -3.54. The van der Waals surface area contributed by atoms with Gasteiger partial charge in [0.25, 0.3) is 0 Å². The smallest absolute Gasteiger partial charge is 0.340 e. The molecule has 0 aromatic carbocycles. The molecule has 0 radical (unpaired) electrons. The lowest BCUT2D eigenvalue weighted by atomic mass is 10.2. The number of fused-ring (bicyclic) bond motifs is 2. The van der Waals surface area contributed by atoms with E-state index in [-0.39, 0.29) is 5.56 Å². The Balaban J connectivity index is 1.98. The molecule has 0 amide bonds. The molecule has 1 N–H and O–H groups in total. The number of aromatic carboxylic acids is 1. The third-order valence-electron chi connectivity index (χ3n) is 4.46. The van der Waals surface area contributed by atoms with Crippen LogP contribution in [-0.2, 0) is 4.74 Å². The molecule has 0 fully saturated rings. The fourth-order valence-corrected chi connectivity index (χ4v) is 3.37. The minimum atomic E-state index is -0.997. The van der Waals surface area contributed by atoms with E-state index in [2.05, 4.69) is 0 Å². The van der Waals surface area contributed by atoms with Gasteiger partial charge in [-0.25, -0.2) is 9.59 Å². The maximum absolute atomic E-state index is 12.8. The van der Waals surface area contributed by atoms with Crippen molar-refractivity contribution >= 4 is 23.0 Å². The van der Waals surface area contributed by atoms with Crippen molar-refractivity contribution < 1.29 is 19.4 Å². The van der Waals surface area contributed by atoms with Gasteiger partial charge in [0.15, 0.2) is 0 Å². The maximum atomic E-state index is 12.8. The number of pyridine rings is 2. The summed E-state index contributed by atoms with van der Waals surface area (Å²) in [5, 5.41) is 9.58. The minimum absolute atomic E-state index is 0.209. The van der Waals surface area contributed by atoms with E-state index in [9.17, 15) is 14.7 Å². The van der Waals surface area contributed by atoms with E-state index in [1.165, 1.54) is 0 Å². The van der Waals surface area contributed by atoms with Gasteiger partial charge in [-0.05, 0) is 57.2 Å². The summed E-state index contributed by atoms with van der Waals surface area (Å²) in [6, 6.07) is 14.3. The first-order chi connectivity index (χ1) is 13.3. The number of rotatable bonds is 3. The molecule has 0 saturated carbocycles. The van der Waals surface area contributed by atoms with Gasteiger partial charge < -0.3 is 18.6 Å². The largest absolute Gasteiger partial charge is 0.478 e. The SMILES string of the molecule is CC(C)(C)OC(=O)c1cc(-c2cc(C(=O)O)c3ccccn23)n2ccccc12. The van der Waals surface area contributed by atoms with E-state index < -0.39 is 17.5 Å². The summed E-state index contributed by atoms with van der Waals surface area (Å²) in [4.78, 5) is 24.5. The van der Waals surface area contributed by atoms with E-state index in [1.807, 2.05) is 66.2 Å². The van der Waals surface area contributed by atoms with Crippen LogP contribution in [-0.4, -0.2) is 31.4 Å². The molecule has 0 unspecified atom stereocenters. The number of carbonyl (C=O) groups excluding carboxylic acids is 1. The van der Waals surface area contributed by atoms with E-state index in [0.29, 0.717) is 28.0 Å². The van der Waals surface area contributed by atoms with Crippen LogP contribution < -0.4 is 0 Å². The Morgan fingerprint density at radius 2 is 1.36 bits per heavy atom. The Kier molecular flexibility index (Phi) is 4.00. The van der Waals surface area contributed by atoms with Crippen molar-refractivity contribution in [2.24, 2.45) is 0 Å². The van der Waals surface area contributed by atoms with Crippen LogP contribution in [0.15, 0.2) is 60.9 Å². The predicted molar refractivity (Wildman–Crippen MR) is 106 cm³/mol. The van der Waals surface area contributed by atoms with Gasteiger partial charge in [-0.3, -0.25) is 0 Å². The van der Waals surface area contributed by atoms with Gasteiger partial charge in [0.2, 0.25) is 0 Å². The summed E-state index contributed by atoms with van der Waals surface area (Å²) in [6.45, 7) is 5.47. The first kappa shape index (κ1) is 17.9. The summed E-state index contributed by atoms with van der Waals surface area (Å²) in [6.07, 6.45) is 3.66. The highest BCUT2D eigenvalue weighted by Crippen LogP contribution is 2.31. The van der Waals surface area contributed by atoms with Crippen LogP contribution >= 0.6 is 0 Å². The number of ether oxygens (including phenoxy) is 1. The first-order valence-electron chi connectivity index (χ1n) is 8.93. The molecule has 0 atom stereocenters. The van der Waals surface area contributed by atoms with Gasteiger partial charge >= 0.3 is 11.9 Å². The molecule has 0 aliphatic heterocycles. The summed E-state index contributed by atoms with van der Waals surface area (Å²) in [5.74, 6) is -1.41. The molecular formula is C22H20N2O4. The molecular weight excluding hydrogens is 356 g/mol. The van der Waals surface area contributed by atoms with Crippen LogP contribution in [0.3, 0.4) is 0 Å². The predicted octanol–water partition coefficient (Wildman–Crippen LogP) is 4.51. The molecule has 0 aliphatic carbocycles. The molecule has 4 heterocycles. The highest BCUT2D eigenvalue weighted by atomic mass is 16.6. The molecule has 0 spiro atoms. The summed E-state index contributed by atoms with van der Waals surface area (Å²) < 4.78 is 9.25. The number of hydrogen-bond donors (Lipinski definition) is 1. The first-order valence-corrected chi connectivity index (χ1v) is 8.93. The van der Waals surface area contributed by atoms with Crippen LogP contribution in [0.4, 0.5) is 0 Å². The normalized spacial score (nSPS) is 11.8. The standard InChI is InChI=1S/C22H20N2O4/c1-22(2,3)28-21(27)15-13-19(24-11-7-5-9-17(15)24)18-12-14(20(25)26)16-8-4-6-10-23(16)18/h4-13H,1-3H3,(H,25,26). The quantitative estimate of drug-likeness (QED) is 0.534. The van der Waals surface area contributed by atoms with Crippen LogP contribution in [0.25, 0.3) is 22.4 Å². The van der Waals surface area contributed by atoms with E-state index in [1.54, 1.807) is 24.3 Å². The van der Waals surface area contributed by atoms with Gasteiger partial charge in [-0.2, -0.15) is 0 Å². The monoisotopic (exact) mass is 376 g/mol. The number of esters is 1. The average molecular weight is 376 g/mol. The van der Waals surface area contributed by atoms with Crippen molar-refractivity contribution in [1.29, 1.82) is 0 Å². The maximum Gasteiger partial charge on any atom is 0.340 e. The van der Waals surface area contributed by atoms with Crippen LogP contribution in [0.1, 0.15) is 41.5 Å². The second-order valence-corrected chi connectivity index (χ2v) is 7.61. The summed E-state index contributed by atoms with van der Waals surface area (Å²) in [5.41, 5.74) is 2.73. The number of carboxylic acids is 1. The topological polar surface area (TPSA) is 72.4 Å². The average Bonchev–Trinajstić information content (AvgIpc) is 3.19. The van der Waals surface area contributed by atoms with Crippen molar-refractivity contribution in [1.82, 2.24) is 8.80 Å². The van der Waals surface area contributed by atoms with Crippen molar-refractivity contribution in [3.05, 3.63) is 72.1 Å². The molecule has 4 rings (SSSR count). The zero-order chi connectivity index (χ0) is 20.1. The third kappa shape index (κ3) is 2.93. The second-order valence-electron chi connectivity index (χ2n) is 7.61. The zero-order valence-corrected chi connectivity index (χ0v) is 15.8. The molecule has 6 nitrogen and oxygen atoms in total. The van der Waals surface area contributed by atoms with Gasteiger partial charge in [0.05, 0.1) is 33.5 Å². The highest BCUT2D eigenvalue weighted by Gasteiger charge is 2.24. The van der Waals surface area contributed by atoms with Crippen molar-refractivity contribution in [3.63, 3.8) is 0 Å². The van der Waals surface area contributed by atoms with Gasteiger partial charge in [0.1, 0.15) is 5.60 Å². The van der Waals surface area contributed by atoms with Gasteiger partial charge in [0, 0.05) is 12.4 Å². The fraction of sp³-hybridized carbons (Fsp3) is 0.182. The van der Waals surface area contributed by atoms with Crippen molar-refractivity contribution in [3.8, 4) is 11.4 Å². The lowest BCUT2D eigenvalue weighted by molar-refractivity contribution is 0.00717. The summed E-state index contributed by atoms with van der Waals surface area (Å²) in [7, 11) is 0. The Labute approximate surface area is 161 Å². The lowest BCUT2D eigenvalue weighted by Crippen LogP contribution is -2.23. The lowest BCUT2D eigenvalue weighted by Gasteiger charge is -2.19. The fourth-order valence-electron chi connectivity index (χ4n) is 3.37. The van der Waals surface area contributed by atoms with Crippen LogP contribution in [0.5, 0.6) is 0 Å². The third-order valence-corrected chi connectivity index (χ3v) is 4.46. The van der Waals surface area contributed by atoms with Crippen molar-refractivity contribution in [2.45, 2.75) is 26.4 Å². The number of nitrogens with zero attached hydrogens (tertiary/aromatic N) is 2. The molecule has 142 valence electrons.